The third kappa shape index (κ3) is 4.20. The fourth-order valence-corrected chi connectivity index (χ4v) is 1.54. The van der Waals surface area contributed by atoms with Gasteiger partial charge in [-0.15, -0.1) is 0 Å². The molecule has 0 unspecified atom stereocenters. The zero-order chi connectivity index (χ0) is 14.2. The van der Waals surface area contributed by atoms with Gasteiger partial charge in [-0.1, -0.05) is 24.3 Å². The van der Waals surface area contributed by atoms with E-state index in [4.69, 9.17) is 0 Å². The van der Waals surface area contributed by atoms with Crippen LogP contribution in [0, 0.1) is 5.82 Å². The van der Waals surface area contributed by atoms with Gasteiger partial charge in [-0.05, 0) is 24.3 Å². The normalized spacial score (nSPS) is 10.4. The molecule has 0 atom stereocenters. The fraction of sp³-hybridized carbons (Fsp3) is 0.0667. The van der Waals surface area contributed by atoms with Crippen LogP contribution in [0.1, 0.15) is 11.3 Å². The summed E-state index contributed by atoms with van der Waals surface area (Å²) >= 11 is 0. The van der Waals surface area contributed by atoms with Crippen LogP contribution in [0.2, 0.25) is 0 Å². The summed E-state index contributed by atoms with van der Waals surface area (Å²) < 4.78 is 13.3. The zero-order valence-electron chi connectivity index (χ0n) is 10.7. The summed E-state index contributed by atoms with van der Waals surface area (Å²) in [6.45, 7) is 0.334. The Bertz CT molecular complexity index is 599. The van der Waals surface area contributed by atoms with E-state index < -0.39 is 0 Å². The molecule has 0 aliphatic carbocycles. The summed E-state index contributed by atoms with van der Waals surface area (Å²) in [7, 11) is 0. The molecule has 0 aliphatic heterocycles. The Kier molecular flexibility index (Phi) is 4.83. The zero-order valence-corrected chi connectivity index (χ0v) is 10.7. The highest BCUT2D eigenvalue weighted by Crippen LogP contribution is 2.07. The molecule has 2 amide bonds. The van der Waals surface area contributed by atoms with Gasteiger partial charge in [0.15, 0.2) is 0 Å². The third-order valence-corrected chi connectivity index (χ3v) is 2.54. The van der Waals surface area contributed by atoms with Crippen LogP contribution >= 0.6 is 0 Å². The number of rotatable bonds is 4. The number of hydrogen-bond donors (Lipinski definition) is 2. The SMILES string of the molecule is O=C(N/C=C/c1ccccc1F)NCc1ccccn1. The quantitative estimate of drug-likeness (QED) is 0.898. The van der Waals surface area contributed by atoms with Crippen molar-refractivity contribution in [2.45, 2.75) is 6.54 Å². The second-order valence-corrected chi connectivity index (χ2v) is 4.00. The number of halogens is 1. The van der Waals surface area contributed by atoms with Gasteiger partial charge in [-0.3, -0.25) is 4.98 Å². The molecule has 0 bridgehead atoms. The van der Waals surface area contributed by atoms with E-state index in [0.29, 0.717) is 12.1 Å². The number of hydrogen-bond acceptors (Lipinski definition) is 2. The standard InChI is InChI=1S/C15H14FN3O/c16-14-7-2-1-5-12(14)8-10-18-15(20)19-11-13-6-3-4-9-17-13/h1-10H,11H2,(H2,18,19,20)/b10-8+. The van der Waals surface area contributed by atoms with Gasteiger partial charge in [0.25, 0.3) is 0 Å². The Morgan fingerprint density at radius 3 is 2.75 bits per heavy atom. The van der Waals surface area contributed by atoms with Gasteiger partial charge in [0.1, 0.15) is 5.82 Å². The average Bonchev–Trinajstić information content (AvgIpc) is 2.48. The minimum atomic E-state index is -0.372. The number of benzene rings is 1. The highest BCUT2D eigenvalue weighted by Gasteiger charge is 1.99. The number of pyridine rings is 1. The molecule has 0 spiro atoms. The summed E-state index contributed by atoms with van der Waals surface area (Å²) in [6, 6.07) is 11.4. The van der Waals surface area contributed by atoms with Crippen molar-refractivity contribution in [2.24, 2.45) is 0 Å². The number of urea groups is 1. The van der Waals surface area contributed by atoms with Crippen LogP contribution in [0.15, 0.2) is 54.9 Å². The van der Waals surface area contributed by atoms with Gasteiger partial charge >= 0.3 is 6.03 Å². The highest BCUT2D eigenvalue weighted by molar-refractivity contribution is 5.75. The van der Waals surface area contributed by atoms with Gasteiger partial charge in [0.05, 0.1) is 12.2 Å². The molecular weight excluding hydrogens is 257 g/mol. The predicted molar refractivity (Wildman–Crippen MR) is 75.0 cm³/mol. The molecule has 2 rings (SSSR count). The topological polar surface area (TPSA) is 54.0 Å². The molecule has 20 heavy (non-hydrogen) atoms. The van der Waals surface area contributed by atoms with Crippen LogP contribution < -0.4 is 10.6 Å². The van der Waals surface area contributed by atoms with Crippen molar-refractivity contribution in [3.63, 3.8) is 0 Å². The average molecular weight is 271 g/mol. The van der Waals surface area contributed by atoms with Crippen molar-refractivity contribution in [1.82, 2.24) is 15.6 Å². The summed E-state index contributed by atoms with van der Waals surface area (Å²) in [6.07, 6.45) is 4.55. The molecule has 5 heteroatoms. The van der Waals surface area contributed by atoms with Crippen LogP contribution in [0.3, 0.4) is 0 Å². The lowest BCUT2D eigenvalue weighted by molar-refractivity contribution is 0.243. The van der Waals surface area contributed by atoms with Crippen molar-refractivity contribution in [1.29, 1.82) is 0 Å². The Morgan fingerprint density at radius 1 is 1.20 bits per heavy atom. The Labute approximate surface area is 116 Å². The highest BCUT2D eigenvalue weighted by atomic mass is 19.1. The maximum absolute atomic E-state index is 13.3. The molecule has 0 saturated carbocycles. The van der Waals surface area contributed by atoms with Crippen LogP contribution in [-0.4, -0.2) is 11.0 Å². The number of carbonyl (C=O) groups is 1. The first-order chi connectivity index (χ1) is 9.75. The number of carbonyl (C=O) groups excluding carboxylic acids is 1. The molecule has 1 aromatic carbocycles. The van der Waals surface area contributed by atoms with Crippen molar-refractivity contribution in [2.75, 3.05) is 0 Å². The predicted octanol–water partition coefficient (Wildman–Crippen LogP) is 2.69. The Balaban J connectivity index is 1.79. The lowest BCUT2D eigenvalue weighted by Gasteiger charge is -2.03. The molecular formula is C15H14FN3O. The molecule has 0 fully saturated rings. The third-order valence-electron chi connectivity index (χ3n) is 2.54. The summed E-state index contributed by atoms with van der Waals surface area (Å²) in [5, 5.41) is 5.15. The molecule has 1 aromatic heterocycles. The minimum absolute atomic E-state index is 0.334. The second kappa shape index (κ2) is 7.04. The van der Waals surface area contributed by atoms with Crippen LogP contribution in [0.4, 0.5) is 9.18 Å². The molecule has 0 aliphatic rings. The molecule has 4 nitrogen and oxygen atoms in total. The monoisotopic (exact) mass is 271 g/mol. The maximum Gasteiger partial charge on any atom is 0.319 e. The minimum Gasteiger partial charge on any atom is -0.332 e. The first-order valence-electron chi connectivity index (χ1n) is 6.11. The van der Waals surface area contributed by atoms with E-state index in [2.05, 4.69) is 15.6 Å². The first kappa shape index (κ1) is 13.7. The Hall–Kier alpha value is -2.69. The van der Waals surface area contributed by atoms with Gasteiger partial charge in [0.2, 0.25) is 0 Å². The van der Waals surface area contributed by atoms with Gasteiger partial charge < -0.3 is 10.6 Å². The molecule has 0 radical (unpaired) electrons. The van der Waals surface area contributed by atoms with E-state index in [1.165, 1.54) is 18.3 Å². The van der Waals surface area contributed by atoms with Gasteiger partial charge in [-0.2, -0.15) is 0 Å². The van der Waals surface area contributed by atoms with E-state index in [0.717, 1.165) is 5.69 Å². The fourth-order valence-electron chi connectivity index (χ4n) is 1.54. The van der Waals surface area contributed by atoms with E-state index >= 15 is 0 Å². The molecule has 102 valence electrons. The molecule has 2 N–H and O–H groups in total. The first-order valence-corrected chi connectivity index (χ1v) is 6.11. The number of aromatic nitrogens is 1. The van der Waals surface area contributed by atoms with Crippen LogP contribution in [0.5, 0.6) is 0 Å². The lowest BCUT2D eigenvalue weighted by Crippen LogP contribution is -2.31. The van der Waals surface area contributed by atoms with Gasteiger partial charge in [-0.25, -0.2) is 9.18 Å². The van der Waals surface area contributed by atoms with Crippen LogP contribution in [0.25, 0.3) is 6.08 Å². The van der Waals surface area contributed by atoms with Gasteiger partial charge in [0, 0.05) is 18.0 Å². The number of nitrogens with one attached hydrogen (secondary N) is 2. The smallest absolute Gasteiger partial charge is 0.319 e. The summed E-state index contributed by atoms with van der Waals surface area (Å²) in [4.78, 5) is 15.6. The molecule has 0 saturated heterocycles. The van der Waals surface area contributed by atoms with Crippen molar-refractivity contribution in [3.05, 3.63) is 71.9 Å². The van der Waals surface area contributed by atoms with Crippen molar-refractivity contribution >= 4 is 12.1 Å². The number of nitrogens with zero attached hydrogens (tertiary/aromatic N) is 1. The summed E-state index contributed by atoms with van der Waals surface area (Å²) in [5.41, 5.74) is 1.18. The summed E-state index contributed by atoms with van der Waals surface area (Å²) in [5.74, 6) is -0.334. The number of amides is 2. The molecule has 2 aromatic rings. The van der Waals surface area contributed by atoms with Crippen LogP contribution in [-0.2, 0) is 6.54 Å². The van der Waals surface area contributed by atoms with E-state index in [-0.39, 0.29) is 11.8 Å². The second-order valence-electron chi connectivity index (χ2n) is 4.00. The maximum atomic E-state index is 13.3. The molecule has 1 heterocycles. The van der Waals surface area contributed by atoms with E-state index in [1.807, 2.05) is 12.1 Å². The van der Waals surface area contributed by atoms with E-state index in [1.54, 1.807) is 30.5 Å². The largest absolute Gasteiger partial charge is 0.332 e. The lowest BCUT2D eigenvalue weighted by atomic mass is 10.2. The Morgan fingerprint density at radius 2 is 2.00 bits per heavy atom. The van der Waals surface area contributed by atoms with Crippen molar-refractivity contribution < 1.29 is 9.18 Å². The van der Waals surface area contributed by atoms with E-state index in [9.17, 15) is 9.18 Å². The van der Waals surface area contributed by atoms with Crippen molar-refractivity contribution in [3.8, 4) is 0 Å².